The quantitative estimate of drug-likeness (QED) is 0.807. The van der Waals surface area contributed by atoms with Gasteiger partial charge in [0, 0.05) is 19.0 Å². The van der Waals surface area contributed by atoms with Gasteiger partial charge in [-0.15, -0.1) is 0 Å². The highest BCUT2D eigenvalue weighted by Gasteiger charge is 2.05. The number of amidine groups is 1. The SMILES string of the molecule is Cc1cc(CNC2=NCCCCC2)on1. The molecule has 82 valence electrons. The van der Waals surface area contributed by atoms with Crippen molar-refractivity contribution in [1.82, 2.24) is 10.5 Å². The smallest absolute Gasteiger partial charge is 0.156 e. The highest BCUT2D eigenvalue weighted by molar-refractivity contribution is 5.82. The Morgan fingerprint density at radius 1 is 1.40 bits per heavy atom. The molecule has 1 aliphatic rings. The zero-order valence-corrected chi connectivity index (χ0v) is 9.12. The molecule has 4 heteroatoms. The molecule has 15 heavy (non-hydrogen) atoms. The maximum absolute atomic E-state index is 5.12. The summed E-state index contributed by atoms with van der Waals surface area (Å²) < 4.78 is 5.12. The second-order valence-electron chi connectivity index (χ2n) is 3.93. The molecule has 0 fully saturated rings. The average Bonchev–Trinajstić information content (AvgIpc) is 2.52. The van der Waals surface area contributed by atoms with E-state index in [-0.39, 0.29) is 0 Å². The van der Waals surface area contributed by atoms with Crippen LogP contribution >= 0.6 is 0 Å². The number of hydrogen-bond acceptors (Lipinski definition) is 4. The third-order valence-electron chi connectivity index (χ3n) is 2.52. The van der Waals surface area contributed by atoms with Gasteiger partial charge in [-0.25, -0.2) is 0 Å². The Kier molecular flexibility index (Phi) is 3.37. The van der Waals surface area contributed by atoms with Gasteiger partial charge >= 0.3 is 0 Å². The number of aryl methyl sites for hydroxylation is 1. The summed E-state index contributed by atoms with van der Waals surface area (Å²) in [5.74, 6) is 1.99. The molecule has 0 unspecified atom stereocenters. The maximum atomic E-state index is 5.12. The van der Waals surface area contributed by atoms with Crippen LogP contribution < -0.4 is 5.32 Å². The van der Waals surface area contributed by atoms with Gasteiger partial charge in [-0.1, -0.05) is 11.6 Å². The summed E-state index contributed by atoms with van der Waals surface area (Å²) in [6.07, 6.45) is 4.80. The Hall–Kier alpha value is -1.32. The Balaban J connectivity index is 1.84. The zero-order chi connectivity index (χ0) is 10.5. The lowest BCUT2D eigenvalue weighted by molar-refractivity contribution is 0.376. The molecule has 0 radical (unpaired) electrons. The summed E-state index contributed by atoms with van der Waals surface area (Å²) in [6.45, 7) is 3.58. The van der Waals surface area contributed by atoms with E-state index < -0.39 is 0 Å². The first kappa shape index (κ1) is 10.2. The van der Waals surface area contributed by atoms with Crippen LogP contribution in [0.15, 0.2) is 15.6 Å². The van der Waals surface area contributed by atoms with Crippen molar-refractivity contribution in [2.45, 2.75) is 39.2 Å². The maximum Gasteiger partial charge on any atom is 0.156 e. The highest BCUT2D eigenvalue weighted by Crippen LogP contribution is 2.07. The van der Waals surface area contributed by atoms with Crippen molar-refractivity contribution in [3.63, 3.8) is 0 Å². The van der Waals surface area contributed by atoms with Crippen LogP contribution in [-0.2, 0) is 6.54 Å². The number of hydrogen-bond donors (Lipinski definition) is 1. The second kappa shape index (κ2) is 4.96. The van der Waals surface area contributed by atoms with Gasteiger partial charge in [-0.05, 0) is 19.8 Å². The van der Waals surface area contributed by atoms with Crippen LogP contribution in [0.4, 0.5) is 0 Å². The third-order valence-corrected chi connectivity index (χ3v) is 2.52. The summed E-state index contributed by atoms with van der Waals surface area (Å²) in [5, 5.41) is 7.15. The van der Waals surface area contributed by atoms with E-state index in [0.717, 1.165) is 30.3 Å². The Labute approximate surface area is 89.8 Å². The molecule has 0 atom stereocenters. The van der Waals surface area contributed by atoms with Crippen molar-refractivity contribution in [1.29, 1.82) is 0 Å². The average molecular weight is 207 g/mol. The minimum absolute atomic E-state index is 0.694. The molecule has 1 N–H and O–H groups in total. The second-order valence-corrected chi connectivity index (χ2v) is 3.93. The van der Waals surface area contributed by atoms with E-state index in [4.69, 9.17) is 4.52 Å². The highest BCUT2D eigenvalue weighted by atomic mass is 16.5. The van der Waals surface area contributed by atoms with Crippen LogP contribution in [-0.4, -0.2) is 17.5 Å². The van der Waals surface area contributed by atoms with Crippen molar-refractivity contribution in [3.8, 4) is 0 Å². The summed E-state index contributed by atoms with van der Waals surface area (Å²) in [5.41, 5.74) is 0.926. The monoisotopic (exact) mass is 207 g/mol. The molecule has 0 spiro atoms. The third kappa shape index (κ3) is 3.08. The zero-order valence-electron chi connectivity index (χ0n) is 9.12. The first-order valence-corrected chi connectivity index (χ1v) is 5.54. The fourth-order valence-electron chi connectivity index (χ4n) is 1.71. The van der Waals surface area contributed by atoms with Gasteiger partial charge in [0.15, 0.2) is 5.76 Å². The standard InChI is InChI=1S/C11H17N3O/c1-9-7-10(15-14-9)8-13-11-5-3-2-4-6-12-11/h7H,2-6,8H2,1H3,(H,12,13). The van der Waals surface area contributed by atoms with Crippen LogP contribution in [0.3, 0.4) is 0 Å². The molecule has 0 saturated heterocycles. The van der Waals surface area contributed by atoms with Crippen molar-refractivity contribution in [3.05, 3.63) is 17.5 Å². The fraction of sp³-hybridized carbons (Fsp3) is 0.636. The van der Waals surface area contributed by atoms with Gasteiger partial charge in [-0.3, -0.25) is 4.99 Å². The minimum atomic E-state index is 0.694. The van der Waals surface area contributed by atoms with Gasteiger partial charge in [0.05, 0.1) is 18.1 Å². The molecule has 0 saturated carbocycles. The summed E-state index contributed by atoms with van der Waals surface area (Å²) in [4.78, 5) is 4.49. The van der Waals surface area contributed by atoms with Crippen molar-refractivity contribution in [2.75, 3.05) is 6.54 Å². The molecule has 1 aromatic rings. The number of rotatable bonds is 2. The molecule has 0 amide bonds. The van der Waals surface area contributed by atoms with Crippen molar-refractivity contribution < 1.29 is 4.52 Å². The van der Waals surface area contributed by atoms with E-state index in [9.17, 15) is 0 Å². The Morgan fingerprint density at radius 3 is 3.13 bits per heavy atom. The summed E-state index contributed by atoms with van der Waals surface area (Å²) in [6, 6.07) is 1.95. The van der Waals surface area contributed by atoms with Crippen LogP contribution in [0.25, 0.3) is 0 Å². The first-order chi connectivity index (χ1) is 7.34. The number of nitrogens with zero attached hydrogens (tertiary/aromatic N) is 2. The molecule has 0 bridgehead atoms. The fourth-order valence-corrected chi connectivity index (χ4v) is 1.71. The summed E-state index contributed by atoms with van der Waals surface area (Å²) in [7, 11) is 0. The normalized spacial score (nSPS) is 17.0. The molecule has 0 aromatic carbocycles. The lowest BCUT2D eigenvalue weighted by Gasteiger charge is -2.05. The Morgan fingerprint density at radius 2 is 2.33 bits per heavy atom. The van der Waals surface area contributed by atoms with Crippen molar-refractivity contribution in [2.24, 2.45) is 4.99 Å². The molecule has 2 heterocycles. The lowest BCUT2D eigenvalue weighted by Crippen LogP contribution is -2.22. The molecular formula is C11H17N3O. The minimum Gasteiger partial charge on any atom is -0.366 e. The van der Waals surface area contributed by atoms with Crippen LogP contribution in [0.5, 0.6) is 0 Å². The molecule has 4 nitrogen and oxygen atoms in total. The predicted octanol–water partition coefficient (Wildman–Crippen LogP) is 2.05. The Bertz CT molecular complexity index is 343. The van der Waals surface area contributed by atoms with E-state index in [0.29, 0.717) is 6.54 Å². The van der Waals surface area contributed by atoms with Gasteiger partial charge < -0.3 is 9.84 Å². The van der Waals surface area contributed by atoms with Crippen LogP contribution in [0, 0.1) is 6.92 Å². The lowest BCUT2D eigenvalue weighted by atomic mass is 10.2. The van der Waals surface area contributed by atoms with E-state index >= 15 is 0 Å². The molecule has 1 aliphatic heterocycles. The first-order valence-electron chi connectivity index (χ1n) is 5.54. The van der Waals surface area contributed by atoms with E-state index in [1.165, 1.54) is 19.3 Å². The molecular weight excluding hydrogens is 190 g/mol. The van der Waals surface area contributed by atoms with Gasteiger partial charge in [0.2, 0.25) is 0 Å². The molecule has 0 aliphatic carbocycles. The van der Waals surface area contributed by atoms with Crippen LogP contribution in [0.2, 0.25) is 0 Å². The number of aliphatic imine (C=N–C) groups is 1. The number of nitrogens with one attached hydrogen (secondary N) is 1. The van der Waals surface area contributed by atoms with Gasteiger partial charge in [-0.2, -0.15) is 0 Å². The predicted molar refractivity (Wildman–Crippen MR) is 58.8 cm³/mol. The van der Waals surface area contributed by atoms with E-state index in [1.807, 2.05) is 13.0 Å². The van der Waals surface area contributed by atoms with Gasteiger partial charge in [0.25, 0.3) is 0 Å². The van der Waals surface area contributed by atoms with Crippen molar-refractivity contribution >= 4 is 5.84 Å². The molecule has 2 rings (SSSR count). The largest absolute Gasteiger partial charge is 0.366 e. The molecule has 1 aromatic heterocycles. The topological polar surface area (TPSA) is 50.4 Å². The van der Waals surface area contributed by atoms with Gasteiger partial charge in [0.1, 0.15) is 0 Å². The van der Waals surface area contributed by atoms with E-state index in [2.05, 4.69) is 15.5 Å². The van der Waals surface area contributed by atoms with E-state index in [1.54, 1.807) is 0 Å². The van der Waals surface area contributed by atoms with Crippen LogP contribution in [0.1, 0.15) is 37.1 Å². The number of aromatic nitrogens is 1. The summed E-state index contributed by atoms with van der Waals surface area (Å²) >= 11 is 0.